The van der Waals surface area contributed by atoms with Crippen molar-refractivity contribution in [3.8, 4) is 0 Å². The van der Waals surface area contributed by atoms with Crippen LogP contribution < -0.4 is 4.90 Å². The fraction of sp³-hybridized carbons (Fsp3) is 0.357. The second-order valence-electron chi connectivity index (χ2n) is 9.12. The van der Waals surface area contributed by atoms with Gasteiger partial charge >= 0.3 is 0 Å². The van der Waals surface area contributed by atoms with Crippen LogP contribution in [0.3, 0.4) is 0 Å². The molecule has 0 spiro atoms. The summed E-state index contributed by atoms with van der Waals surface area (Å²) in [5.74, 6) is 0.697. The molecule has 0 saturated carbocycles. The Morgan fingerprint density at radius 1 is 0.943 bits per heavy atom. The van der Waals surface area contributed by atoms with Crippen molar-refractivity contribution in [2.75, 3.05) is 31.1 Å². The van der Waals surface area contributed by atoms with Crippen LogP contribution in [-0.4, -0.2) is 50.4 Å². The van der Waals surface area contributed by atoms with E-state index in [1.54, 1.807) is 29.3 Å². The van der Waals surface area contributed by atoms with Gasteiger partial charge in [0.1, 0.15) is 5.82 Å². The fourth-order valence-electron chi connectivity index (χ4n) is 4.36. The number of benzene rings is 2. The van der Waals surface area contributed by atoms with Crippen molar-refractivity contribution < 1.29 is 13.2 Å². The number of aromatic nitrogens is 1. The van der Waals surface area contributed by atoms with Gasteiger partial charge in [-0.3, -0.25) is 4.79 Å². The van der Waals surface area contributed by atoms with E-state index in [1.165, 1.54) is 5.56 Å². The van der Waals surface area contributed by atoms with Crippen molar-refractivity contribution in [1.82, 2.24) is 9.88 Å². The third-order valence-electron chi connectivity index (χ3n) is 6.54. The first-order chi connectivity index (χ1) is 16.9. The second-order valence-corrected chi connectivity index (χ2v) is 11.1. The van der Waals surface area contributed by atoms with Crippen LogP contribution in [-0.2, 0) is 22.0 Å². The summed E-state index contributed by atoms with van der Waals surface area (Å²) in [6.07, 6.45) is 5.02. The van der Waals surface area contributed by atoms with Gasteiger partial charge in [-0.2, -0.15) is 0 Å². The molecule has 4 rings (SSSR count). The van der Waals surface area contributed by atoms with Crippen LogP contribution in [0.4, 0.5) is 5.82 Å². The standard InChI is InChI=1S/C28H33N3O3S/c1-3-4-7-23-10-12-24(13-11-23)21-35(33,34)25-14-9-22(2)26(20-25)28(32)31-18-16-30(17-19-31)27-8-5-6-15-29-27/h5-6,8-15,20H,3-4,7,16-19,21H2,1-2H3. The molecule has 0 bridgehead atoms. The van der Waals surface area contributed by atoms with E-state index in [0.717, 1.165) is 36.2 Å². The highest BCUT2D eigenvalue weighted by molar-refractivity contribution is 7.90. The summed E-state index contributed by atoms with van der Waals surface area (Å²) in [5, 5.41) is 0. The molecule has 1 aliphatic heterocycles. The molecule has 3 aromatic rings. The Morgan fingerprint density at radius 2 is 1.66 bits per heavy atom. The predicted octanol–water partition coefficient (Wildman–Crippen LogP) is 4.67. The summed E-state index contributed by atoms with van der Waals surface area (Å²) >= 11 is 0. The maximum Gasteiger partial charge on any atom is 0.254 e. The first kappa shape index (κ1) is 24.9. The average molecular weight is 492 g/mol. The Labute approximate surface area is 208 Å². The highest BCUT2D eigenvalue weighted by Crippen LogP contribution is 2.23. The number of carbonyl (C=O) groups is 1. The fourth-order valence-corrected chi connectivity index (χ4v) is 5.73. The van der Waals surface area contributed by atoms with Crippen molar-refractivity contribution >= 4 is 21.6 Å². The first-order valence-corrected chi connectivity index (χ1v) is 13.9. The minimum Gasteiger partial charge on any atom is -0.353 e. The van der Waals surface area contributed by atoms with Gasteiger partial charge in [-0.15, -0.1) is 0 Å². The topological polar surface area (TPSA) is 70.6 Å². The van der Waals surface area contributed by atoms with Crippen molar-refractivity contribution in [2.24, 2.45) is 0 Å². The van der Waals surface area contributed by atoms with Crippen LogP contribution in [0.15, 0.2) is 71.8 Å². The summed E-state index contributed by atoms with van der Waals surface area (Å²) in [4.78, 5) is 21.9. The number of sulfone groups is 1. The SMILES string of the molecule is CCCCc1ccc(CS(=O)(=O)c2ccc(C)c(C(=O)N3CCN(c4ccccn4)CC3)c2)cc1. The molecular weight excluding hydrogens is 458 g/mol. The first-order valence-electron chi connectivity index (χ1n) is 12.2. The maximum atomic E-state index is 13.3. The lowest BCUT2D eigenvalue weighted by molar-refractivity contribution is 0.0745. The van der Waals surface area contributed by atoms with Crippen LogP contribution in [0.2, 0.25) is 0 Å². The molecule has 0 atom stereocenters. The summed E-state index contributed by atoms with van der Waals surface area (Å²) in [6.45, 7) is 6.51. The minimum atomic E-state index is -3.58. The quantitative estimate of drug-likeness (QED) is 0.458. The van der Waals surface area contributed by atoms with Gasteiger partial charge in [0.25, 0.3) is 5.91 Å². The molecular formula is C28H33N3O3S. The Kier molecular flexibility index (Phi) is 7.86. The number of hydrogen-bond acceptors (Lipinski definition) is 5. The lowest BCUT2D eigenvalue weighted by Crippen LogP contribution is -2.49. The minimum absolute atomic E-state index is 0.0828. The summed E-state index contributed by atoms with van der Waals surface area (Å²) in [5.41, 5.74) is 3.21. The van der Waals surface area contributed by atoms with Gasteiger partial charge in [0.05, 0.1) is 10.6 Å². The van der Waals surface area contributed by atoms with Gasteiger partial charge in [0, 0.05) is 37.9 Å². The zero-order chi connectivity index (χ0) is 24.8. The van der Waals surface area contributed by atoms with E-state index in [2.05, 4.69) is 16.8 Å². The largest absolute Gasteiger partial charge is 0.353 e. The van der Waals surface area contributed by atoms with Gasteiger partial charge in [-0.1, -0.05) is 49.7 Å². The van der Waals surface area contributed by atoms with Gasteiger partial charge in [0.2, 0.25) is 0 Å². The number of unbranched alkanes of at least 4 members (excludes halogenated alkanes) is 1. The van der Waals surface area contributed by atoms with Crippen molar-refractivity contribution in [2.45, 2.75) is 43.8 Å². The molecule has 7 heteroatoms. The van der Waals surface area contributed by atoms with Crippen molar-refractivity contribution in [1.29, 1.82) is 0 Å². The van der Waals surface area contributed by atoms with E-state index in [4.69, 9.17) is 0 Å². The number of carbonyl (C=O) groups excluding carboxylic acids is 1. The lowest BCUT2D eigenvalue weighted by Gasteiger charge is -2.35. The normalized spacial score (nSPS) is 14.2. The van der Waals surface area contributed by atoms with Gasteiger partial charge in [-0.05, 0) is 60.7 Å². The zero-order valence-corrected chi connectivity index (χ0v) is 21.3. The summed E-state index contributed by atoms with van der Waals surface area (Å²) < 4.78 is 26.4. The van der Waals surface area contributed by atoms with E-state index >= 15 is 0 Å². The summed E-state index contributed by atoms with van der Waals surface area (Å²) in [6, 6.07) is 18.5. The number of hydrogen-bond donors (Lipinski definition) is 0. The predicted molar refractivity (Wildman–Crippen MR) is 139 cm³/mol. The summed E-state index contributed by atoms with van der Waals surface area (Å²) in [7, 11) is -3.58. The molecule has 0 radical (unpaired) electrons. The molecule has 0 unspecified atom stereocenters. The Balaban J connectivity index is 1.45. The van der Waals surface area contributed by atoms with Gasteiger partial charge in [0.15, 0.2) is 9.84 Å². The highest BCUT2D eigenvalue weighted by atomic mass is 32.2. The Morgan fingerprint density at radius 3 is 2.31 bits per heavy atom. The molecule has 1 fully saturated rings. The third kappa shape index (κ3) is 6.09. The number of rotatable bonds is 8. The highest BCUT2D eigenvalue weighted by Gasteiger charge is 2.25. The molecule has 35 heavy (non-hydrogen) atoms. The molecule has 2 aromatic carbocycles. The number of piperazine rings is 1. The number of pyridine rings is 1. The molecule has 6 nitrogen and oxygen atoms in total. The van der Waals surface area contributed by atoms with E-state index in [9.17, 15) is 13.2 Å². The molecule has 1 aliphatic rings. The molecule has 184 valence electrons. The molecule has 1 aromatic heterocycles. The van der Waals surface area contributed by atoms with E-state index < -0.39 is 9.84 Å². The van der Waals surface area contributed by atoms with Crippen LogP contribution in [0.5, 0.6) is 0 Å². The Hall–Kier alpha value is -3.19. The van der Waals surface area contributed by atoms with Crippen LogP contribution >= 0.6 is 0 Å². The van der Waals surface area contributed by atoms with Crippen LogP contribution in [0.1, 0.15) is 46.8 Å². The zero-order valence-electron chi connectivity index (χ0n) is 20.5. The van der Waals surface area contributed by atoms with Crippen LogP contribution in [0.25, 0.3) is 0 Å². The monoisotopic (exact) mass is 491 g/mol. The lowest BCUT2D eigenvalue weighted by atomic mass is 10.1. The van der Waals surface area contributed by atoms with E-state index in [-0.39, 0.29) is 16.6 Å². The van der Waals surface area contributed by atoms with Gasteiger partial charge < -0.3 is 9.80 Å². The maximum absolute atomic E-state index is 13.3. The van der Waals surface area contributed by atoms with Gasteiger partial charge in [-0.25, -0.2) is 13.4 Å². The van der Waals surface area contributed by atoms with Crippen molar-refractivity contribution in [3.05, 3.63) is 89.1 Å². The third-order valence-corrected chi connectivity index (χ3v) is 8.22. The molecule has 0 aliphatic carbocycles. The number of anilines is 1. The number of amides is 1. The Bertz CT molecular complexity index is 1250. The average Bonchev–Trinajstić information content (AvgIpc) is 2.88. The van der Waals surface area contributed by atoms with E-state index in [0.29, 0.717) is 31.7 Å². The van der Waals surface area contributed by atoms with E-state index in [1.807, 2.05) is 49.4 Å². The molecule has 1 saturated heterocycles. The van der Waals surface area contributed by atoms with Crippen molar-refractivity contribution in [3.63, 3.8) is 0 Å². The molecule has 2 heterocycles. The number of aryl methyl sites for hydroxylation is 2. The van der Waals surface area contributed by atoms with Crippen LogP contribution in [0, 0.1) is 6.92 Å². The number of nitrogens with zero attached hydrogens (tertiary/aromatic N) is 3. The second kappa shape index (κ2) is 11.0. The molecule has 0 N–H and O–H groups in total. The molecule has 1 amide bonds. The smallest absolute Gasteiger partial charge is 0.254 e.